The quantitative estimate of drug-likeness (QED) is 0.0196. The average molecular weight is 954 g/mol. The van der Waals surface area contributed by atoms with Gasteiger partial charge in [-0.1, -0.05) is 251 Å². The topological polar surface area (TPSA) is 175 Å². The Bertz CT molecular complexity index is 1140. The van der Waals surface area contributed by atoms with Gasteiger partial charge in [-0.05, 0) is 25.7 Å². The van der Waals surface area contributed by atoms with Crippen LogP contribution in [0.1, 0.15) is 271 Å². The summed E-state index contributed by atoms with van der Waals surface area (Å²) in [5.74, 6) is -1.18. The number of ether oxygens (including phenoxy) is 3. The van der Waals surface area contributed by atoms with Gasteiger partial charge in [-0.3, -0.25) is 9.59 Å². The average Bonchev–Trinajstić information content (AvgIpc) is 3.32. The van der Waals surface area contributed by atoms with E-state index in [2.05, 4.69) is 26.1 Å². The van der Waals surface area contributed by atoms with Crippen molar-refractivity contribution in [3.63, 3.8) is 0 Å². The zero-order chi connectivity index (χ0) is 49.0. The molecule has 0 aromatic rings. The molecule has 0 saturated carbocycles. The van der Waals surface area contributed by atoms with E-state index in [0.29, 0.717) is 19.3 Å². The van der Waals surface area contributed by atoms with Crippen LogP contribution in [0.5, 0.6) is 0 Å². The third-order valence-electron chi connectivity index (χ3n) is 13.7. The molecule has 1 rings (SSSR count). The monoisotopic (exact) mass is 954 g/mol. The molecule has 1 heterocycles. The predicted octanol–water partition coefficient (Wildman–Crippen LogP) is 12.4. The second-order valence-electron chi connectivity index (χ2n) is 20.0. The first-order valence-corrected chi connectivity index (χ1v) is 28.5. The lowest BCUT2D eigenvalue weighted by Gasteiger charge is -2.41. The molecule has 0 bridgehead atoms. The molecule has 0 aromatic carbocycles. The van der Waals surface area contributed by atoms with Crippen molar-refractivity contribution in [1.29, 1.82) is 0 Å². The van der Waals surface area contributed by atoms with Crippen LogP contribution in [0.15, 0.2) is 12.2 Å². The summed E-state index contributed by atoms with van der Waals surface area (Å²) < 4.78 is 17.6. The van der Waals surface area contributed by atoms with E-state index in [9.17, 15) is 35.1 Å². The molecule has 1 aliphatic heterocycles. The second kappa shape index (κ2) is 45.5. The zero-order valence-corrected chi connectivity index (χ0v) is 43.5. The number of nitrogens with one attached hydrogen (secondary N) is 1. The van der Waals surface area contributed by atoms with Crippen LogP contribution in [0.3, 0.4) is 0 Å². The van der Waals surface area contributed by atoms with Gasteiger partial charge in [-0.2, -0.15) is 0 Å². The van der Waals surface area contributed by atoms with Crippen molar-refractivity contribution >= 4 is 11.9 Å². The first-order valence-electron chi connectivity index (χ1n) is 28.5. The number of aliphatic hydroxyl groups excluding tert-OH is 5. The van der Waals surface area contributed by atoms with Crippen LogP contribution < -0.4 is 5.32 Å². The molecule has 1 saturated heterocycles. The highest BCUT2D eigenvalue weighted by Crippen LogP contribution is 2.26. The van der Waals surface area contributed by atoms with Crippen LogP contribution in [0.2, 0.25) is 0 Å². The molecule has 1 aliphatic rings. The maximum Gasteiger partial charge on any atom is 0.306 e. The lowest BCUT2D eigenvalue weighted by molar-refractivity contribution is -0.305. The normalized spacial score (nSPS) is 20.0. The van der Waals surface area contributed by atoms with E-state index in [1.165, 1.54) is 167 Å². The van der Waals surface area contributed by atoms with E-state index < -0.39 is 67.4 Å². The Labute approximate surface area is 410 Å². The molecule has 0 aromatic heterocycles. The van der Waals surface area contributed by atoms with Crippen molar-refractivity contribution in [3.8, 4) is 0 Å². The summed E-state index contributed by atoms with van der Waals surface area (Å²) in [6.45, 7) is 5.78. The van der Waals surface area contributed by atoms with Crippen LogP contribution in [-0.4, -0.2) is 99.6 Å². The molecule has 0 radical (unpaired) electrons. The van der Waals surface area contributed by atoms with Gasteiger partial charge in [0, 0.05) is 6.42 Å². The molecule has 1 amide bonds. The highest BCUT2D eigenvalue weighted by molar-refractivity contribution is 5.80. The number of carbonyl (C=O) groups excluding carboxylic acids is 2. The van der Waals surface area contributed by atoms with E-state index in [-0.39, 0.29) is 13.0 Å². The molecule has 0 spiro atoms. The van der Waals surface area contributed by atoms with Crippen LogP contribution >= 0.6 is 0 Å². The van der Waals surface area contributed by atoms with Crippen molar-refractivity contribution in [2.24, 2.45) is 0 Å². The fourth-order valence-corrected chi connectivity index (χ4v) is 9.12. The van der Waals surface area contributed by atoms with Crippen molar-refractivity contribution in [3.05, 3.63) is 12.2 Å². The summed E-state index contributed by atoms with van der Waals surface area (Å²) >= 11 is 0. The molecule has 8 unspecified atom stereocenters. The summed E-state index contributed by atoms with van der Waals surface area (Å²) in [6.07, 6.45) is 38.3. The Kier molecular flexibility index (Phi) is 43.1. The maximum absolute atomic E-state index is 13.3. The van der Waals surface area contributed by atoms with E-state index in [1.54, 1.807) is 6.08 Å². The summed E-state index contributed by atoms with van der Waals surface area (Å²) in [5.41, 5.74) is 0. The molecule has 396 valence electrons. The number of hydrogen-bond acceptors (Lipinski definition) is 10. The second-order valence-corrected chi connectivity index (χ2v) is 20.0. The van der Waals surface area contributed by atoms with E-state index in [4.69, 9.17) is 14.2 Å². The minimum Gasteiger partial charge on any atom is -0.454 e. The summed E-state index contributed by atoms with van der Waals surface area (Å²) in [6, 6.07) is -1.01. The first-order chi connectivity index (χ1) is 32.7. The standard InChI is InChI=1S/C56H107NO10/c1-4-7-10-13-16-19-22-24-25-27-29-32-35-38-41-44-51(61)67-54-53(63)52(62)50(45-58)66-56(54)65-46-47(48(59)42-39-36-33-31-28-26-23-20-17-14-11-8-5-2)57-55(64)49(60)43-40-37-34-30-21-18-15-12-9-6-3/h39,42,47-50,52-54,56,58-60,62-63H,4-38,40-41,43-46H2,1-3H3,(H,57,64)/b42-39+. The van der Waals surface area contributed by atoms with Gasteiger partial charge >= 0.3 is 5.97 Å². The van der Waals surface area contributed by atoms with Gasteiger partial charge in [0.05, 0.1) is 25.4 Å². The van der Waals surface area contributed by atoms with Gasteiger partial charge in [-0.25, -0.2) is 0 Å². The smallest absolute Gasteiger partial charge is 0.306 e. The Hall–Kier alpha value is -1.60. The van der Waals surface area contributed by atoms with E-state index in [0.717, 1.165) is 57.8 Å². The lowest BCUT2D eigenvalue weighted by atomic mass is 9.99. The Morgan fingerprint density at radius 3 is 1.40 bits per heavy atom. The SMILES string of the molecule is CCCCCCCCCCCCC/C=C/C(O)C(COC1OC(CO)C(O)C(O)C1OC(=O)CCCCCCCCCCCCCCCCC)NC(=O)C(O)CCCCCCCCCCCC. The Morgan fingerprint density at radius 2 is 0.970 bits per heavy atom. The highest BCUT2D eigenvalue weighted by atomic mass is 16.7. The third kappa shape index (κ3) is 34.4. The predicted molar refractivity (Wildman–Crippen MR) is 274 cm³/mol. The summed E-state index contributed by atoms with van der Waals surface area (Å²) in [7, 11) is 0. The Balaban J connectivity index is 2.72. The van der Waals surface area contributed by atoms with Crippen LogP contribution in [-0.2, 0) is 23.8 Å². The Morgan fingerprint density at radius 1 is 0.567 bits per heavy atom. The molecule has 8 atom stereocenters. The number of hydrogen-bond donors (Lipinski definition) is 6. The fraction of sp³-hybridized carbons (Fsp3) is 0.929. The third-order valence-corrected chi connectivity index (χ3v) is 13.7. The van der Waals surface area contributed by atoms with Crippen molar-refractivity contribution in [1.82, 2.24) is 5.32 Å². The number of aliphatic hydroxyl groups is 5. The summed E-state index contributed by atoms with van der Waals surface area (Å²) in [5, 5.41) is 56.7. The van der Waals surface area contributed by atoms with Crippen LogP contribution in [0.25, 0.3) is 0 Å². The molecule has 0 aliphatic carbocycles. The molecule has 6 N–H and O–H groups in total. The number of unbranched alkanes of at least 4 members (excludes halogenated alkanes) is 34. The lowest BCUT2D eigenvalue weighted by Crippen LogP contribution is -2.61. The van der Waals surface area contributed by atoms with Gasteiger partial charge in [0.25, 0.3) is 0 Å². The van der Waals surface area contributed by atoms with Gasteiger partial charge in [0.15, 0.2) is 12.4 Å². The van der Waals surface area contributed by atoms with Crippen molar-refractivity contribution in [2.45, 2.75) is 320 Å². The number of rotatable bonds is 48. The van der Waals surface area contributed by atoms with Crippen molar-refractivity contribution < 1.29 is 49.3 Å². The first kappa shape index (κ1) is 63.4. The number of amides is 1. The van der Waals surface area contributed by atoms with Crippen LogP contribution in [0.4, 0.5) is 0 Å². The number of carbonyl (C=O) groups is 2. The highest BCUT2D eigenvalue weighted by Gasteiger charge is 2.47. The molecule has 67 heavy (non-hydrogen) atoms. The molecule has 11 heteroatoms. The van der Waals surface area contributed by atoms with Crippen molar-refractivity contribution in [2.75, 3.05) is 13.2 Å². The molecular formula is C56H107NO10. The zero-order valence-electron chi connectivity index (χ0n) is 43.5. The largest absolute Gasteiger partial charge is 0.454 e. The fourth-order valence-electron chi connectivity index (χ4n) is 9.12. The molecule has 11 nitrogen and oxygen atoms in total. The number of allylic oxidation sites excluding steroid dienone is 1. The summed E-state index contributed by atoms with van der Waals surface area (Å²) in [4.78, 5) is 26.4. The molecule has 1 fully saturated rings. The number of esters is 1. The van der Waals surface area contributed by atoms with Crippen LogP contribution in [0, 0.1) is 0 Å². The maximum atomic E-state index is 13.3. The van der Waals surface area contributed by atoms with Gasteiger partial charge in [0.2, 0.25) is 5.91 Å². The van der Waals surface area contributed by atoms with Gasteiger partial charge < -0.3 is 45.1 Å². The van der Waals surface area contributed by atoms with E-state index in [1.807, 2.05) is 6.08 Å². The van der Waals surface area contributed by atoms with Gasteiger partial charge in [0.1, 0.15) is 24.4 Å². The van der Waals surface area contributed by atoms with E-state index >= 15 is 0 Å². The minimum absolute atomic E-state index is 0.131. The van der Waals surface area contributed by atoms with Gasteiger partial charge in [-0.15, -0.1) is 0 Å². The molecular weight excluding hydrogens is 847 g/mol. The minimum atomic E-state index is -1.60.